The quantitative estimate of drug-likeness (QED) is 0.493. The number of anilines is 1. The molecule has 7 rings (SSSR count). The molecule has 9 nitrogen and oxygen atoms in total. The zero-order chi connectivity index (χ0) is 26.7. The van der Waals surface area contributed by atoms with Crippen molar-refractivity contribution in [1.82, 2.24) is 9.97 Å². The highest BCUT2D eigenvalue weighted by Crippen LogP contribution is 2.60. The second-order valence-corrected chi connectivity index (χ2v) is 10.8. The lowest BCUT2D eigenvalue weighted by Gasteiger charge is -2.27. The van der Waals surface area contributed by atoms with E-state index < -0.39 is 5.97 Å². The van der Waals surface area contributed by atoms with Gasteiger partial charge in [0.2, 0.25) is 5.95 Å². The first-order chi connectivity index (χ1) is 18.9. The number of aliphatic imine (C=N–C) groups is 1. The summed E-state index contributed by atoms with van der Waals surface area (Å²) in [5, 5.41) is 9.43. The molecular weight excluding hydrogens is 496 g/mol. The van der Waals surface area contributed by atoms with Gasteiger partial charge in [0.15, 0.2) is 0 Å². The third-order valence-corrected chi connectivity index (χ3v) is 8.44. The van der Waals surface area contributed by atoms with Crippen LogP contribution in [0.4, 0.5) is 11.6 Å². The molecule has 9 heteroatoms. The normalized spacial score (nSPS) is 24.9. The zero-order valence-electron chi connectivity index (χ0n) is 22.0. The van der Waals surface area contributed by atoms with E-state index in [1.807, 2.05) is 38.3 Å². The molecule has 0 bridgehead atoms. The van der Waals surface area contributed by atoms with E-state index in [-0.39, 0.29) is 17.3 Å². The summed E-state index contributed by atoms with van der Waals surface area (Å²) in [7, 11) is 0. The number of carboxylic acid groups (broad SMARTS) is 1. The Morgan fingerprint density at radius 2 is 1.92 bits per heavy atom. The maximum atomic E-state index is 11.5. The predicted octanol–water partition coefficient (Wildman–Crippen LogP) is 4.21. The first-order valence-corrected chi connectivity index (χ1v) is 13.4. The molecule has 4 heterocycles. The fourth-order valence-corrected chi connectivity index (χ4v) is 6.25. The number of nitrogens with zero attached hydrogens (tertiary/aromatic N) is 4. The van der Waals surface area contributed by atoms with Crippen LogP contribution in [0.3, 0.4) is 0 Å². The van der Waals surface area contributed by atoms with Crippen molar-refractivity contribution < 1.29 is 24.1 Å². The molecule has 1 aromatic heterocycles. The molecule has 1 aliphatic carbocycles. The molecule has 1 spiro atoms. The smallest absolute Gasteiger partial charge is 0.307 e. The van der Waals surface area contributed by atoms with E-state index in [1.165, 1.54) is 0 Å². The van der Waals surface area contributed by atoms with E-state index in [2.05, 4.69) is 23.1 Å². The summed E-state index contributed by atoms with van der Waals surface area (Å²) in [6.07, 6.45) is 2.56. The van der Waals surface area contributed by atoms with Crippen LogP contribution >= 0.6 is 0 Å². The first kappa shape index (κ1) is 24.1. The number of aryl methyl sites for hydroxylation is 2. The number of carbonyl (C=O) groups is 1. The number of rotatable bonds is 5. The molecule has 39 heavy (non-hydrogen) atoms. The Hall–Kier alpha value is -3.98. The molecule has 3 atom stereocenters. The van der Waals surface area contributed by atoms with Crippen molar-refractivity contribution in [2.75, 3.05) is 44.4 Å². The molecular formula is C30H30N4O5. The Bertz CT molecular complexity index is 1490. The summed E-state index contributed by atoms with van der Waals surface area (Å²) in [4.78, 5) is 28.1. The van der Waals surface area contributed by atoms with Gasteiger partial charge in [-0.25, -0.2) is 9.97 Å². The molecule has 4 aliphatic rings. The Morgan fingerprint density at radius 3 is 2.67 bits per heavy atom. The average Bonchev–Trinajstić information content (AvgIpc) is 3.36. The molecule has 3 unspecified atom stereocenters. The van der Waals surface area contributed by atoms with Crippen molar-refractivity contribution in [3.05, 3.63) is 58.9 Å². The molecule has 1 saturated carbocycles. The Kier molecular flexibility index (Phi) is 5.59. The minimum Gasteiger partial charge on any atom is -0.492 e. The summed E-state index contributed by atoms with van der Waals surface area (Å²) < 4.78 is 17.6. The van der Waals surface area contributed by atoms with Gasteiger partial charge in [-0.2, -0.15) is 0 Å². The average molecular weight is 527 g/mol. The van der Waals surface area contributed by atoms with Crippen LogP contribution in [0.5, 0.6) is 11.5 Å². The lowest BCUT2D eigenvalue weighted by Crippen LogP contribution is -2.37. The number of hydrogen-bond donors (Lipinski definition) is 1. The van der Waals surface area contributed by atoms with Crippen LogP contribution in [-0.2, 0) is 14.9 Å². The van der Waals surface area contributed by atoms with E-state index in [9.17, 15) is 9.90 Å². The van der Waals surface area contributed by atoms with E-state index in [0.717, 1.165) is 69.9 Å². The minimum absolute atomic E-state index is 0.00874. The van der Waals surface area contributed by atoms with Gasteiger partial charge in [-0.15, -0.1) is 0 Å². The zero-order valence-corrected chi connectivity index (χ0v) is 22.0. The molecule has 0 amide bonds. The van der Waals surface area contributed by atoms with Crippen LogP contribution in [0.1, 0.15) is 34.9 Å². The number of aliphatic carboxylic acids is 1. The van der Waals surface area contributed by atoms with E-state index in [4.69, 9.17) is 29.2 Å². The fraction of sp³-hybridized carbons (Fsp3) is 0.400. The molecule has 200 valence electrons. The SMILES string of the molecule is Cc1nc(N2CCOCC2)nc(C)c1-c1cccc2c1OCC2C=Nc1ccc2c(c1)OCC21CC1C(=O)O. The molecule has 2 fully saturated rings. The van der Waals surface area contributed by atoms with Gasteiger partial charge in [0.1, 0.15) is 18.1 Å². The summed E-state index contributed by atoms with van der Waals surface area (Å²) in [6, 6.07) is 12.0. The third kappa shape index (κ3) is 3.95. The molecule has 3 aliphatic heterocycles. The second-order valence-electron chi connectivity index (χ2n) is 10.8. The van der Waals surface area contributed by atoms with Crippen molar-refractivity contribution in [3.8, 4) is 22.6 Å². The Morgan fingerprint density at radius 1 is 1.13 bits per heavy atom. The monoisotopic (exact) mass is 526 g/mol. The number of benzene rings is 2. The first-order valence-electron chi connectivity index (χ1n) is 13.4. The summed E-state index contributed by atoms with van der Waals surface area (Å²) in [5.41, 5.74) is 6.35. The van der Waals surface area contributed by atoms with Crippen molar-refractivity contribution in [2.45, 2.75) is 31.6 Å². The van der Waals surface area contributed by atoms with Crippen LogP contribution in [0.25, 0.3) is 11.1 Å². The van der Waals surface area contributed by atoms with Crippen molar-refractivity contribution in [1.29, 1.82) is 0 Å². The molecule has 2 aromatic carbocycles. The van der Waals surface area contributed by atoms with Gasteiger partial charge < -0.3 is 24.2 Å². The molecule has 1 saturated heterocycles. The van der Waals surface area contributed by atoms with Crippen LogP contribution < -0.4 is 14.4 Å². The second kappa shape index (κ2) is 9.05. The summed E-state index contributed by atoms with van der Waals surface area (Å²) >= 11 is 0. The van der Waals surface area contributed by atoms with Gasteiger partial charge in [-0.1, -0.05) is 24.3 Å². The highest BCUT2D eigenvalue weighted by Gasteiger charge is 2.63. The Labute approximate surface area is 226 Å². The third-order valence-electron chi connectivity index (χ3n) is 8.44. The van der Waals surface area contributed by atoms with E-state index in [0.29, 0.717) is 32.8 Å². The number of ether oxygens (including phenoxy) is 3. The summed E-state index contributed by atoms with van der Waals surface area (Å²) in [6.45, 7) is 7.96. The standard InChI is InChI=1S/C30H30N4O5/c1-17-26(18(2)33-29(32-17)34-8-10-37-11-9-34)22-5-3-4-21-19(15-38-27(21)22)14-31-20-6-7-23-25(12-20)39-16-30(23)13-24(30)28(35)36/h3-7,12,14,19,24H,8-11,13,15-16H2,1-2H3,(H,35,36). The number of fused-ring (bicyclic) bond motifs is 3. The van der Waals surface area contributed by atoms with Crippen molar-refractivity contribution in [3.63, 3.8) is 0 Å². The number of para-hydroxylation sites is 1. The largest absolute Gasteiger partial charge is 0.492 e. The number of morpholine rings is 1. The van der Waals surface area contributed by atoms with Crippen LogP contribution in [0.2, 0.25) is 0 Å². The number of hydrogen-bond acceptors (Lipinski definition) is 8. The van der Waals surface area contributed by atoms with Gasteiger partial charge >= 0.3 is 5.97 Å². The van der Waals surface area contributed by atoms with Crippen LogP contribution in [0, 0.1) is 19.8 Å². The van der Waals surface area contributed by atoms with Gasteiger partial charge in [-0.3, -0.25) is 9.79 Å². The maximum Gasteiger partial charge on any atom is 0.307 e. The lowest BCUT2D eigenvalue weighted by atomic mass is 9.95. The van der Waals surface area contributed by atoms with Crippen molar-refractivity contribution >= 4 is 23.8 Å². The van der Waals surface area contributed by atoms with Gasteiger partial charge in [-0.05, 0) is 26.3 Å². The van der Waals surface area contributed by atoms with Gasteiger partial charge in [0.25, 0.3) is 0 Å². The minimum atomic E-state index is -0.752. The topological polar surface area (TPSA) is 106 Å². The highest BCUT2D eigenvalue weighted by atomic mass is 16.5. The van der Waals surface area contributed by atoms with E-state index in [1.54, 1.807) is 0 Å². The summed E-state index contributed by atoms with van der Waals surface area (Å²) in [5.74, 6) is 1.25. The fourth-order valence-electron chi connectivity index (χ4n) is 6.25. The predicted molar refractivity (Wildman–Crippen MR) is 146 cm³/mol. The molecule has 0 radical (unpaired) electrons. The Balaban J connectivity index is 1.14. The van der Waals surface area contributed by atoms with Crippen LogP contribution in [-0.4, -0.2) is 66.8 Å². The van der Waals surface area contributed by atoms with Crippen molar-refractivity contribution in [2.24, 2.45) is 10.9 Å². The number of aromatic nitrogens is 2. The molecule has 3 aromatic rings. The van der Waals surface area contributed by atoms with Crippen LogP contribution in [0.15, 0.2) is 41.4 Å². The number of carboxylic acids is 1. The van der Waals surface area contributed by atoms with Gasteiger partial charge in [0.05, 0.1) is 48.7 Å². The maximum absolute atomic E-state index is 11.5. The molecule has 1 N–H and O–H groups in total. The highest BCUT2D eigenvalue weighted by molar-refractivity contribution is 5.82. The lowest BCUT2D eigenvalue weighted by molar-refractivity contribution is -0.139. The van der Waals surface area contributed by atoms with Gasteiger partial charge in [0, 0.05) is 53.0 Å². The van der Waals surface area contributed by atoms with E-state index >= 15 is 0 Å².